The van der Waals surface area contributed by atoms with Crippen molar-refractivity contribution in [3.05, 3.63) is 141 Å². The largest absolute Gasteiger partial charge is 0.497 e. The van der Waals surface area contributed by atoms with E-state index in [0.29, 0.717) is 11.5 Å². The van der Waals surface area contributed by atoms with Crippen LogP contribution in [0.15, 0.2) is 113 Å². The second kappa shape index (κ2) is 14.4. The van der Waals surface area contributed by atoms with Crippen molar-refractivity contribution in [2.75, 3.05) is 20.8 Å². The van der Waals surface area contributed by atoms with E-state index in [2.05, 4.69) is 4.98 Å². The molecule has 0 aliphatic carbocycles. The van der Waals surface area contributed by atoms with Gasteiger partial charge in [-0.3, -0.25) is 18.9 Å². The molecule has 0 amide bonds. The summed E-state index contributed by atoms with van der Waals surface area (Å²) in [6, 6.07) is 28.0. The highest BCUT2D eigenvalue weighted by Crippen LogP contribution is 2.42. The van der Waals surface area contributed by atoms with Crippen molar-refractivity contribution in [2.24, 2.45) is 0 Å². The Morgan fingerprint density at radius 2 is 1.45 bits per heavy atom. The summed E-state index contributed by atoms with van der Waals surface area (Å²) in [6.45, 7) is 5.14. The first-order chi connectivity index (χ1) is 24.4. The molecule has 0 radical (unpaired) electrons. The highest BCUT2D eigenvalue weighted by Gasteiger charge is 2.42. The van der Waals surface area contributed by atoms with Crippen molar-refractivity contribution >= 4 is 6.09 Å². The predicted molar refractivity (Wildman–Crippen MR) is 189 cm³/mol. The van der Waals surface area contributed by atoms with Crippen LogP contribution in [0.4, 0.5) is 4.79 Å². The lowest BCUT2D eigenvalue weighted by Gasteiger charge is -2.37. The zero-order valence-corrected chi connectivity index (χ0v) is 29.1. The van der Waals surface area contributed by atoms with Crippen LogP contribution in [0.25, 0.3) is 11.3 Å². The van der Waals surface area contributed by atoms with Crippen molar-refractivity contribution in [2.45, 2.75) is 56.8 Å². The van der Waals surface area contributed by atoms with Crippen LogP contribution >= 0.6 is 0 Å². The molecule has 2 aromatic heterocycles. The van der Waals surface area contributed by atoms with Crippen LogP contribution in [0.1, 0.15) is 50.1 Å². The summed E-state index contributed by atoms with van der Waals surface area (Å²) < 4.78 is 32.0. The van der Waals surface area contributed by atoms with Crippen molar-refractivity contribution in [1.82, 2.24) is 14.1 Å². The number of carbonyl (C=O) groups is 1. The zero-order valence-electron chi connectivity index (χ0n) is 29.1. The van der Waals surface area contributed by atoms with E-state index >= 15 is 0 Å². The minimum atomic E-state index is -1.16. The van der Waals surface area contributed by atoms with Gasteiger partial charge in [-0.15, -0.1) is 0 Å². The molecule has 0 saturated carbocycles. The monoisotopic (exact) mass is 695 g/mol. The quantitative estimate of drug-likeness (QED) is 0.182. The first-order valence-electron chi connectivity index (χ1n) is 16.5. The van der Waals surface area contributed by atoms with Crippen molar-refractivity contribution in [3.8, 4) is 22.8 Å². The minimum absolute atomic E-state index is 0.0376. The number of methoxy groups -OCH3 is 2. The molecular weight excluding hydrogens is 654 g/mol. The number of hydrogen-bond donors (Lipinski definition) is 2. The number of aromatic amines is 1. The van der Waals surface area contributed by atoms with Crippen LogP contribution in [0.2, 0.25) is 0 Å². The number of benzene rings is 3. The molecule has 3 atom stereocenters. The molecular formula is C39H41N3O9. The molecule has 6 rings (SSSR count). The zero-order chi connectivity index (χ0) is 36.3. The fourth-order valence-corrected chi connectivity index (χ4v) is 6.27. The summed E-state index contributed by atoms with van der Waals surface area (Å²) in [4.78, 5) is 41.4. The Hall–Kier alpha value is -5.43. The highest BCUT2D eigenvalue weighted by molar-refractivity contribution is 5.78. The first-order valence-corrected chi connectivity index (χ1v) is 16.5. The van der Waals surface area contributed by atoms with Gasteiger partial charge in [0.2, 0.25) is 0 Å². The van der Waals surface area contributed by atoms with Gasteiger partial charge in [-0.1, -0.05) is 54.6 Å². The second-order valence-electron chi connectivity index (χ2n) is 13.2. The van der Waals surface area contributed by atoms with Crippen molar-refractivity contribution in [1.29, 1.82) is 0 Å². The van der Waals surface area contributed by atoms with E-state index < -0.39 is 47.0 Å². The molecule has 1 saturated heterocycles. The molecule has 51 heavy (non-hydrogen) atoms. The molecule has 1 aliphatic rings. The summed E-state index contributed by atoms with van der Waals surface area (Å²) >= 11 is 0. The Morgan fingerprint density at radius 1 is 0.863 bits per heavy atom. The minimum Gasteiger partial charge on any atom is -0.497 e. The number of ether oxygens (including phenoxy) is 5. The van der Waals surface area contributed by atoms with Crippen LogP contribution < -0.4 is 20.7 Å². The van der Waals surface area contributed by atoms with Gasteiger partial charge in [0.15, 0.2) is 0 Å². The fraction of sp³-hybridized carbons (Fsp3) is 0.308. The summed E-state index contributed by atoms with van der Waals surface area (Å²) in [7, 11) is 3.20. The topological polar surface area (TPSA) is 143 Å². The van der Waals surface area contributed by atoms with Gasteiger partial charge in [-0.25, -0.2) is 9.59 Å². The number of nitrogens with zero attached hydrogens (tertiary/aromatic N) is 2. The normalized spacial score (nSPS) is 17.6. The molecule has 266 valence electrons. The lowest BCUT2D eigenvalue weighted by molar-refractivity contribution is -0.0944. The van der Waals surface area contributed by atoms with Gasteiger partial charge in [0.25, 0.3) is 5.56 Å². The predicted octanol–water partition coefficient (Wildman–Crippen LogP) is 5.46. The Bertz CT molecular complexity index is 2030. The van der Waals surface area contributed by atoms with Crippen molar-refractivity contribution in [3.63, 3.8) is 0 Å². The Kier molecular flexibility index (Phi) is 10.0. The number of aromatic nitrogens is 3. The number of aliphatic hydroxyl groups excluding tert-OH is 1. The van der Waals surface area contributed by atoms with Gasteiger partial charge >= 0.3 is 11.8 Å². The van der Waals surface area contributed by atoms with Crippen LogP contribution in [0, 0.1) is 0 Å². The third kappa shape index (κ3) is 7.25. The fourth-order valence-electron chi connectivity index (χ4n) is 6.27. The van der Waals surface area contributed by atoms with Gasteiger partial charge in [0, 0.05) is 18.8 Å². The molecule has 12 nitrogen and oxygen atoms in total. The highest BCUT2D eigenvalue weighted by atomic mass is 16.6. The lowest BCUT2D eigenvalue weighted by Crippen LogP contribution is -2.38. The summed E-state index contributed by atoms with van der Waals surface area (Å²) in [5.41, 5.74) is -0.633. The number of rotatable bonds is 10. The van der Waals surface area contributed by atoms with E-state index in [0.717, 1.165) is 16.7 Å². The molecule has 3 heterocycles. The average molecular weight is 696 g/mol. The Labute approximate surface area is 294 Å². The van der Waals surface area contributed by atoms with E-state index in [9.17, 15) is 19.5 Å². The van der Waals surface area contributed by atoms with Crippen LogP contribution in [-0.2, 0) is 19.8 Å². The first kappa shape index (κ1) is 35.4. The summed E-state index contributed by atoms with van der Waals surface area (Å²) in [5.74, 6) is 1.36. The third-order valence-electron chi connectivity index (χ3n) is 8.73. The van der Waals surface area contributed by atoms with Gasteiger partial charge in [0.1, 0.15) is 35.0 Å². The van der Waals surface area contributed by atoms with Gasteiger partial charge in [-0.05, 0) is 73.9 Å². The van der Waals surface area contributed by atoms with E-state index in [1.807, 2.05) is 78.9 Å². The number of aliphatic hydroxyl groups is 1. The SMILES string of the molecule is COc1ccc(C(OC[C@H]2O[C@@H](n3cc(-c4cccn4C(=O)OC(C)(C)C)c(=O)[nH]c3=O)CC2O)(c2ccccc2)c2ccc(OC)cc2)cc1. The van der Waals surface area contributed by atoms with Crippen LogP contribution in [-0.4, -0.2) is 64.0 Å². The standard InChI is InChI=1S/C39H41N3O9/c1-38(2,3)51-37(46)41-21-9-12-31(41)30-23-42(36(45)40-35(30)44)34-22-32(43)33(50-34)24-49-39(25-10-7-6-8-11-25,26-13-17-28(47-4)18-14-26)27-15-19-29(48-5)20-16-27/h6-21,23,32-34,43H,22,24H2,1-5H3,(H,40,44,45)/t32?,33-,34-/m1/s1. The van der Waals surface area contributed by atoms with Gasteiger partial charge < -0.3 is 28.8 Å². The summed E-state index contributed by atoms with van der Waals surface area (Å²) in [6.07, 6.45) is -0.663. The molecule has 5 aromatic rings. The maximum atomic E-state index is 13.1. The van der Waals surface area contributed by atoms with E-state index in [1.54, 1.807) is 47.1 Å². The Morgan fingerprint density at radius 3 is 2.02 bits per heavy atom. The molecule has 2 N–H and O–H groups in total. The molecule has 1 aliphatic heterocycles. The molecule has 12 heteroatoms. The molecule has 1 fully saturated rings. The van der Waals surface area contributed by atoms with Gasteiger partial charge in [0.05, 0.1) is 38.2 Å². The molecule has 3 aromatic carbocycles. The number of hydrogen-bond acceptors (Lipinski definition) is 9. The number of H-pyrrole nitrogens is 1. The van der Waals surface area contributed by atoms with E-state index in [4.69, 9.17) is 23.7 Å². The third-order valence-corrected chi connectivity index (χ3v) is 8.73. The maximum Gasteiger partial charge on any atom is 0.418 e. The van der Waals surface area contributed by atoms with Crippen LogP contribution in [0.3, 0.4) is 0 Å². The van der Waals surface area contributed by atoms with Gasteiger partial charge in [-0.2, -0.15) is 0 Å². The van der Waals surface area contributed by atoms with E-state index in [-0.39, 0.29) is 24.3 Å². The number of nitrogens with one attached hydrogen (secondary N) is 1. The van der Waals surface area contributed by atoms with E-state index in [1.165, 1.54) is 21.5 Å². The smallest absolute Gasteiger partial charge is 0.418 e. The average Bonchev–Trinajstić information content (AvgIpc) is 3.76. The maximum absolute atomic E-state index is 13.1. The number of carbonyl (C=O) groups excluding carboxylic acids is 1. The molecule has 1 unspecified atom stereocenters. The van der Waals surface area contributed by atoms with Crippen LogP contribution in [0.5, 0.6) is 11.5 Å². The summed E-state index contributed by atoms with van der Waals surface area (Å²) in [5, 5.41) is 11.3. The lowest BCUT2D eigenvalue weighted by atomic mass is 9.80. The van der Waals surface area contributed by atoms with Crippen molar-refractivity contribution < 1.29 is 33.6 Å². The molecule has 0 spiro atoms. The molecule has 0 bridgehead atoms. The second-order valence-corrected chi connectivity index (χ2v) is 13.2. The Balaban J connectivity index is 1.33.